The summed E-state index contributed by atoms with van der Waals surface area (Å²) in [4.78, 5) is 26.1. The average molecular weight is 353 g/mol. The van der Waals surface area contributed by atoms with Crippen LogP contribution in [-0.2, 0) is 0 Å². The van der Waals surface area contributed by atoms with Gasteiger partial charge in [0.25, 0.3) is 5.91 Å². The number of nitrogens with one attached hydrogen (secondary N) is 1. The maximum atomic E-state index is 13.2. The number of carbonyl (C=O) groups excluding carboxylic acids is 2. The predicted octanol–water partition coefficient (Wildman–Crippen LogP) is 4.48. The molecule has 4 heteroatoms. The Labute approximate surface area is 155 Å². The van der Waals surface area contributed by atoms with Crippen LogP contribution in [0.15, 0.2) is 42.5 Å². The van der Waals surface area contributed by atoms with Gasteiger partial charge in [-0.15, -0.1) is 0 Å². The van der Waals surface area contributed by atoms with E-state index in [0.717, 1.165) is 11.1 Å². The highest BCUT2D eigenvalue weighted by molar-refractivity contribution is 6.07. The first-order valence-electron chi connectivity index (χ1n) is 8.96. The smallest absolute Gasteiger partial charge is 0.252 e. The lowest BCUT2D eigenvalue weighted by Crippen LogP contribution is -2.53. The molecule has 2 aromatic carbocycles. The molecule has 0 spiro atoms. The van der Waals surface area contributed by atoms with Gasteiger partial charge in [-0.2, -0.15) is 0 Å². The topological polar surface area (TPSA) is 55.4 Å². The van der Waals surface area contributed by atoms with E-state index in [2.05, 4.69) is 5.32 Å². The van der Waals surface area contributed by atoms with Crippen LogP contribution in [0.4, 0.5) is 0 Å². The Bertz CT molecular complexity index is 790. The molecule has 0 saturated carbocycles. The van der Waals surface area contributed by atoms with Crippen LogP contribution in [-0.4, -0.2) is 24.3 Å². The summed E-state index contributed by atoms with van der Waals surface area (Å²) < 4.78 is 5.30. The van der Waals surface area contributed by atoms with Crippen molar-refractivity contribution in [3.05, 3.63) is 64.7 Å². The third-order valence-electron chi connectivity index (χ3n) is 5.06. The molecule has 26 heavy (non-hydrogen) atoms. The van der Waals surface area contributed by atoms with Crippen molar-refractivity contribution in [3.8, 4) is 5.75 Å². The Morgan fingerprint density at radius 1 is 1.00 bits per heavy atom. The number of ketones is 1. The molecule has 0 heterocycles. The van der Waals surface area contributed by atoms with Gasteiger partial charge in [0, 0.05) is 16.7 Å². The van der Waals surface area contributed by atoms with E-state index in [1.807, 2.05) is 58.0 Å². The van der Waals surface area contributed by atoms with Gasteiger partial charge in [0.05, 0.1) is 7.11 Å². The largest absolute Gasteiger partial charge is 0.496 e. The van der Waals surface area contributed by atoms with Gasteiger partial charge in [-0.3, -0.25) is 9.59 Å². The van der Waals surface area contributed by atoms with Crippen LogP contribution in [0.5, 0.6) is 5.75 Å². The molecule has 0 atom stereocenters. The third-order valence-corrected chi connectivity index (χ3v) is 5.06. The van der Waals surface area contributed by atoms with Crippen molar-refractivity contribution in [2.24, 2.45) is 0 Å². The van der Waals surface area contributed by atoms with Crippen LogP contribution < -0.4 is 10.1 Å². The van der Waals surface area contributed by atoms with Gasteiger partial charge in [0.1, 0.15) is 11.3 Å². The molecule has 0 radical (unpaired) electrons. The summed E-state index contributed by atoms with van der Waals surface area (Å²) in [6.07, 6.45) is 1.04. The van der Waals surface area contributed by atoms with Crippen LogP contribution in [0.2, 0.25) is 0 Å². The fourth-order valence-corrected chi connectivity index (χ4v) is 3.15. The molecule has 0 aliphatic heterocycles. The number of ether oxygens (including phenoxy) is 1. The first-order valence-corrected chi connectivity index (χ1v) is 8.96. The zero-order valence-corrected chi connectivity index (χ0v) is 16.2. The van der Waals surface area contributed by atoms with Crippen LogP contribution in [0.1, 0.15) is 58.5 Å². The van der Waals surface area contributed by atoms with Gasteiger partial charge in [-0.1, -0.05) is 49.7 Å². The summed E-state index contributed by atoms with van der Waals surface area (Å²) in [5.41, 5.74) is 2.06. The maximum Gasteiger partial charge on any atom is 0.252 e. The van der Waals surface area contributed by atoms with Gasteiger partial charge in [-0.05, 0) is 38.8 Å². The second kappa shape index (κ2) is 8.17. The molecule has 1 amide bonds. The molecule has 0 saturated heterocycles. The number of Topliss-reactive ketones (excluding diaryl/α,β-unsaturated/α-hetero) is 1. The average Bonchev–Trinajstić information content (AvgIpc) is 2.66. The zero-order chi connectivity index (χ0) is 19.3. The van der Waals surface area contributed by atoms with E-state index in [9.17, 15) is 9.59 Å². The molecule has 1 N–H and O–H groups in total. The highest BCUT2D eigenvalue weighted by atomic mass is 16.5. The van der Waals surface area contributed by atoms with Crippen molar-refractivity contribution < 1.29 is 14.3 Å². The minimum Gasteiger partial charge on any atom is -0.496 e. The number of carbonyl (C=O) groups is 2. The Hall–Kier alpha value is -2.62. The van der Waals surface area contributed by atoms with Gasteiger partial charge < -0.3 is 10.1 Å². The molecule has 4 nitrogen and oxygen atoms in total. The Morgan fingerprint density at radius 3 is 2.15 bits per heavy atom. The summed E-state index contributed by atoms with van der Waals surface area (Å²) in [7, 11) is 1.58. The van der Waals surface area contributed by atoms with E-state index < -0.39 is 5.54 Å². The van der Waals surface area contributed by atoms with Gasteiger partial charge >= 0.3 is 0 Å². The molecule has 0 bridgehead atoms. The molecule has 2 rings (SSSR count). The maximum absolute atomic E-state index is 13.2. The first-order chi connectivity index (χ1) is 12.4. The monoisotopic (exact) mass is 353 g/mol. The minimum atomic E-state index is -0.929. The normalized spacial score (nSPS) is 11.1. The number of hydrogen-bond acceptors (Lipinski definition) is 3. The van der Waals surface area contributed by atoms with Crippen molar-refractivity contribution in [1.29, 1.82) is 0 Å². The van der Waals surface area contributed by atoms with Gasteiger partial charge in [-0.25, -0.2) is 0 Å². The lowest BCUT2D eigenvalue weighted by atomic mass is 9.83. The highest BCUT2D eigenvalue weighted by Crippen LogP contribution is 2.25. The van der Waals surface area contributed by atoms with Crippen LogP contribution in [0.3, 0.4) is 0 Å². The lowest BCUT2D eigenvalue weighted by molar-refractivity contribution is 0.0753. The van der Waals surface area contributed by atoms with Crippen molar-refractivity contribution in [2.75, 3.05) is 7.11 Å². The van der Waals surface area contributed by atoms with Crippen molar-refractivity contribution >= 4 is 11.7 Å². The summed E-state index contributed by atoms with van der Waals surface area (Å²) in [5, 5.41) is 3.01. The molecular formula is C22H27NO3. The Kier molecular flexibility index (Phi) is 6.19. The first kappa shape index (κ1) is 19.7. The summed E-state index contributed by atoms with van der Waals surface area (Å²) in [6.45, 7) is 7.67. The highest BCUT2D eigenvalue weighted by Gasteiger charge is 2.37. The lowest BCUT2D eigenvalue weighted by Gasteiger charge is -2.32. The van der Waals surface area contributed by atoms with Crippen LogP contribution in [0.25, 0.3) is 0 Å². The van der Waals surface area contributed by atoms with Gasteiger partial charge in [0.2, 0.25) is 0 Å². The molecule has 0 aliphatic rings. The van der Waals surface area contributed by atoms with Crippen molar-refractivity contribution in [1.82, 2.24) is 5.32 Å². The van der Waals surface area contributed by atoms with E-state index in [1.165, 1.54) is 0 Å². The van der Waals surface area contributed by atoms with E-state index in [1.54, 1.807) is 19.2 Å². The number of rotatable bonds is 7. The number of methoxy groups -OCH3 is 1. The standard InChI is InChI=1S/C22H27NO3/c1-6-22(7-2,20(24)17-13-11-15(3)12-14-17)23-21(25)18-9-8-10-19(26-5)16(18)4/h8-14H,6-7H2,1-5H3,(H,23,25). The number of aryl methyl sites for hydroxylation is 1. The second-order valence-electron chi connectivity index (χ2n) is 6.57. The third kappa shape index (κ3) is 3.79. The molecule has 0 fully saturated rings. The SMILES string of the molecule is CCC(CC)(NC(=O)c1cccc(OC)c1C)C(=O)c1ccc(C)cc1. The Balaban J connectivity index is 2.36. The molecular weight excluding hydrogens is 326 g/mol. The van der Waals surface area contributed by atoms with Crippen LogP contribution in [0, 0.1) is 13.8 Å². The zero-order valence-electron chi connectivity index (χ0n) is 16.2. The minimum absolute atomic E-state index is 0.0589. The van der Waals surface area contributed by atoms with Crippen molar-refractivity contribution in [2.45, 2.75) is 46.1 Å². The fourth-order valence-electron chi connectivity index (χ4n) is 3.15. The number of benzene rings is 2. The second-order valence-corrected chi connectivity index (χ2v) is 6.57. The molecule has 0 aromatic heterocycles. The van der Waals surface area contributed by atoms with Crippen LogP contribution >= 0.6 is 0 Å². The van der Waals surface area contributed by atoms with E-state index in [0.29, 0.717) is 29.7 Å². The van der Waals surface area contributed by atoms with Gasteiger partial charge in [0.15, 0.2) is 5.78 Å². The molecule has 2 aromatic rings. The van der Waals surface area contributed by atoms with E-state index >= 15 is 0 Å². The summed E-state index contributed by atoms with van der Waals surface area (Å²) in [5.74, 6) is 0.336. The molecule has 0 unspecified atom stereocenters. The Morgan fingerprint density at radius 2 is 1.62 bits per heavy atom. The number of amides is 1. The summed E-state index contributed by atoms with van der Waals surface area (Å²) >= 11 is 0. The van der Waals surface area contributed by atoms with Crippen molar-refractivity contribution in [3.63, 3.8) is 0 Å². The quantitative estimate of drug-likeness (QED) is 0.747. The predicted molar refractivity (Wildman–Crippen MR) is 104 cm³/mol. The number of hydrogen-bond donors (Lipinski definition) is 1. The van der Waals surface area contributed by atoms with E-state index in [4.69, 9.17) is 4.74 Å². The molecule has 0 aliphatic carbocycles. The molecule has 138 valence electrons. The summed E-state index contributed by atoms with van der Waals surface area (Å²) in [6, 6.07) is 12.8. The fraction of sp³-hybridized carbons (Fsp3) is 0.364. The van der Waals surface area contributed by atoms with E-state index in [-0.39, 0.29) is 11.7 Å².